The molecule has 1 heterocycles. The summed E-state index contributed by atoms with van der Waals surface area (Å²) < 4.78 is 4.61. The Morgan fingerprint density at radius 1 is 1.62 bits per heavy atom. The molecule has 1 fully saturated rings. The van der Waals surface area contributed by atoms with Crippen LogP contribution < -0.4 is 5.32 Å². The summed E-state index contributed by atoms with van der Waals surface area (Å²) in [5.41, 5.74) is 0.193. The van der Waals surface area contributed by atoms with Crippen molar-refractivity contribution < 1.29 is 9.53 Å². The standard InChI is InChI=1S/C9H17NO2.ClH/c1-9(2)5-7(6-10-9)4-8(11)12-3;/h7,10H,4-6H2,1-3H3;1H. The van der Waals surface area contributed by atoms with Crippen molar-refractivity contribution in [2.24, 2.45) is 5.92 Å². The molecular weight excluding hydrogens is 190 g/mol. The third-order valence-corrected chi connectivity index (χ3v) is 2.35. The van der Waals surface area contributed by atoms with Crippen LogP contribution in [0.3, 0.4) is 0 Å². The maximum Gasteiger partial charge on any atom is 0.305 e. The fourth-order valence-electron chi connectivity index (χ4n) is 1.75. The molecule has 0 aromatic heterocycles. The minimum Gasteiger partial charge on any atom is -0.469 e. The van der Waals surface area contributed by atoms with Crippen molar-refractivity contribution in [3.63, 3.8) is 0 Å². The van der Waals surface area contributed by atoms with Crippen LogP contribution >= 0.6 is 12.4 Å². The molecule has 0 amide bonds. The fraction of sp³-hybridized carbons (Fsp3) is 0.889. The molecule has 78 valence electrons. The minimum atomic E-state index is -0.0977. The molecule has 0 spiro atoms. The highest BCUT2D eigenvalue weighted by molar-refractivity contribution is 5.85. The summed E-state index contributed by atoms with van der Waals surface area (Å²) in [5, 5.41) is 3.37. The fourth-order valence-corrected chi connectivity index (χ4v) is 1.75. The second-order valence-corrected chi connectivity index (χ2v) is 4.12. The van der Waals surface area contributed by atoms with E-state index < -0.39 is 0 Å². The van der Waals surface area contributed by atoms with Crippen LogP contribution in [0.4, 0.5) is 0 Å². The Bertz CT molecular complexity index is 182. The van der Waals surface area contributed by atoms with Gasteiger partial charge in [0.1, 0.15) is 0 Å². The number of esters is 1. The zero-order chi connectivity index (χ0) is 9.19. The highest BCUT2D eigenvalue weighted by Crippen LogP contribution is 2.25. The first-order valence-electron chi connectivity index (χ1n) is 4.35. The average Bonchev–Trinajstić information content (AvgIpc) is 2.30. The molecule has 0 aromatic rings. The molecule has 0 aliphatic carbocycles. The first-order chi connectivity index (χ1) is 5.53. The van der Waals surface area contributed by atoms with Gasteiger partial charge < -0.3 is 10.1 Å². The van der Waals surface area contributed by atoms with Gasteiger partial charge in [-0.25, -0.2) is 0 Å². The summed E-state index contributed by atoms with van der Waals surface area (Å²) >= 11 is 0. The number of carbonyl (C=O) groups excluding carboxylic acids is 1. The Hall–Kier alpha value is -0.280. The van der Waals surface area contributed by atoms with Crippen LogP contribution in [0, 0.1) is 5.92 Å². The van der Waals surface area contributed by atoms with Gasteiger partial charge in [0.25, 0.3) is 0 Å². The number of methoxy groups -OCH3 is 1. The van der Waals surface area contributed by atoms with Crippen molar-refractivity contribution in [3.8, 4) is 0 Å². The van der Waals surface area contributed by atoms with Crippen LogP contribution in [0.2, 0.25) is 0 Å². The summed E-state index contributed by atoms with van der Waals surface area (Å²) in [6.45, 7) is 5.25. The number of halogens is 1. The minimum absolute atomic E-state index is 0. The van der Waals surface area contributed by atoms with Crippen molar-refractivity contribution in [2.75, 3.05) is 13.7 Å². The van der Waals surface area contributed by atoms with Crippen LogP contribution in [-0.2, 0) is 9.53 Å². The molecule has 0 radical (unpaired) electrons. The Morgan fingerprint density at radius 2 is 2.23 bits per heavy atom. The Balaban J connectivity index is 0.00000144. The first-order valence-corrected chi connectivity index (χ1v) is 4.35. The van der Waals surface area contributed by atoms with Gasteiger partial charge in [-0.1, -0.05) is 0 Å². The van der Waals surface area contributed by atoms with Crippen LogP contribution in [-0.4, -0.2) is 25.2 Å². The summed E-state index contributed by atoms with van der Waals surface area (Å²) in [6, 6.07) is 0. The molecular formula is C9H18ClNO2. The quantitative estimate of drug-likeness (QED) is 0.695. The Morgan fingerprint density at radius 3 is 2.62 bits per heavy atom. The molecule has 1 rings (SSSR count). The van der Waals surface area contributed by atoms with Crippen LogP contribution in [0.1, 0.15) is 26.7 Å². The van der Waals surface area contributed by atoms with Crippen molar-refractivity contribution in [1.29, 1.82) is 0 Å². The summed E-state index contributed by atoms with van der Waals surface area (Å²) in [6.07, 6.45) is 1.61. The van der Waals surface area contributed by atoms with Gasteiger partial charge in [-0.05, 0) is 32.7 Å². The van der Waals surface area contributed by atoms with E-state index in [1.807, 2.05) is 0 Å². The first kappa shape index (κ1) is 12.7. The van der Waals surface area contributed by atoms with Crippen molar-refractivity contribution in [3.05, 3.63) is 0 Å². The third kappa shape index (κ3) is 3.96. The van der Waals surface area contributed by atoms with E-state index in [1.165, 1.54) is 7.11 Å². The van der Waals surface area contributed by atoms with E-state index in [0.717, 1.165) is 13.0 Å². The Labute approximate surface area is 85.6 Å². The predicted molar refractivity (Wildman–Crippen MR) is 54.1 cm³/mol. The van der Waals surface area contributed by atoms with E-state index in [-0.39, 0.29) is 23.9 Å². The zero-order valence-electron chi connectivity index (χ0n) is 8.42. The lowest BCUT2D eigenvalue weighted by molar-refractivity contribution is -0.141. The number of nitrogens with one attached hydrogen (secondary N) is 1. The van der Waals surface area contributed by atoms with Gasteiger partial charge in [-0.15, -0.1) is 12.4 Å². The molecule has 0 aromatic carbocycles. The summed E-state index contributed by atoms with van der Waals surface area (Å²) in [4.78, 5) is 10.9. The second-order valence-electron chi connectivity index (χ2n) is 4.12. The predicted octanol–water partition coefficient (Wildman–Crippen LogP) is 1.36. The SMILES string of the molecule is COC(=O)CC1CNC(C)(C)C1.Cl. The van der Waals surface area contributed by atoms with Gasteiger partial charge in [0.15, 0.2) is 0 Å². The third-order valence-electron chi connectivity index (χ3n) is 2.35. The molecule has 1 aliphatic heterocycles. The van der Waals surface area contributed by atoms with Crippen LogP contribution in [0.15, 0.2) is 0 Å². The molecule has 3 nitrogen and oxygen atoms in total. The molecule has 13 heavy (non-hydrogen) atoms. The number of rotatable bonds is 2. The number of hydrogen-bond donors (Lipinski definition) is 1. The maximum atomic E-state index is 10.9. The van der Waals surface area contributed by atoms with Crippen molar-refractivity contribution >= 4 is 18.4 Å². The van der Waals surface area contributed by atoms with E-state index in [2.05, 4.69) is 23.9 Å². The molecule has 0 bridgehead atoms. The van der Waals surface area contributed by atoms with Gasteiger partial charge in [0, 0.05) is 12.0 Å². The van der Waals surface area contributed by atoms with Gasteiger partial charge >= 0.3 is 5.97 Å². The molecule has 4 heteroatoms. The van der Waals surface area contributed by atoms with E-state index in [4.69, 9.17) is 0 Å². The summed E-state index contributed by atoms with van der Waals surface area (Å²) in [7, 11) is 1.44. The van der Waals surface area contributed by atoms with Gasteiger partial charge in [-0.3, -0.25) is 4.79 Å². The van der Waals surface area contributed by atoms with E-state index in [9.17, 15) is 4.79 Å². The van der Waals surface area contributed by atoms with E-state index >= 15 is 0 Å². The highest BCUT2D eigenvalue weighted by Gasteiger charge is 2.31. The van der Waals surface area contributed by atoms with Crippen LogP contribution in [0.25, 0.3) is 0 Å². The highest BCUT2D eigenvalue weighted by atomic mass is 35.5. The van der Waals surface area contributed by atoms with Crippen LogP contribution in [0.5, 0.6) is 0 Å². The van der Waals surface area contributed by atoms with E-state index in [0.29, 0.717) is 12.3 Å². The molecule has 1 aliphatic rings. The lowest BCUT2D eigenvalue weighted by Crippen LogP contribution is -2.31. The number of carbonyl (C=O) groups is 1. The Kier molecular flexibility index (Phi) is 4.71. The monoisotopic (exact) mass is 207 g/mol. The molecule has 0 saturated carbocycles. The number of ether oxygens (including phenoxy) is 1. The van der Waals surface area contributed by atoms with Crippen molar-refractivity contribution in [2.45, 2.75) is 32.2 Å². The zero-order valence-corrected chi connectivity index (χ0v) is 9.24. The van der Waals surface area contributed by atoms with Gasteiger partial charge in [0.05, 0.1) is 7.11 Å². The molecule has 1 saturated heterocycles. The lowest BCUT2D eigenvalue weighted by Gasteiger charge is -2.16. The van der Waals surface area contributed by atoms with Gasteiger partial charge in [-0.2, -0.15) is 0 Å². The molecule has 1 unspecified atom stereocenters. The summed E-state index contributed by atoms with van der Waals surface area (Å²) in [5.74, 6) is 0.354. The average molecular weight is 208 g/mol. The van der Waals surface area contributed by atoms with Gasteiger partial charge in [0.2, 0.25) is 0 Å². The second kappa shape index (κ2) is 4.82. The van der Waals surface area contributed by atoms with Crippen molar-refractivity contribution in [1.82, 2.24) is 5.32 Å². The lowest BCUT2D eigenvalue weighted by atomic mass is 9.95. The maximum absolute atomic E-state index is 10.9. The molecule has 1 N–H and O–H groups in total. The topological polar surface area (TPSA) is 38.3 Å². The molecule has 1 atom stereocenters. The van der Waals surface area contributed by atoms with E-state index in [1.54, 1.807) is 0 Å². The smallest absolute Gasteiger partial charge is 0.305 e. The number of hydrogen-bond acceptors (Lipinski definition) is 3. The normalized spacial score (nSPS) is 25.0. The largest absolute Gasteiger partial charge is 0.469 e.